The average molecular weight is 675 g/mol. The van der Waals surface area contributed by atoms with Gasteiger partial charge in [-0.3, -0.25) is 0 Å². The molecule has 0 aliphatic heterocycles. The summed E-state index contributed by atoms with van der Waals surface area (Å²) >= 11 is 0. The first-order valence-corrected chi connectivity index (χ1v) is 0.236. The van der Waals surface area contributed by atoms with Gasteiger partial charge in [0.1, 0.15) is 0 Å². The summed E-state index contributed by atoms with van der Waals surface area (Å²) in [6.07, 6.45) is 0. The summed E-state index contributed by atoms with van der Waals surface area (Å²) in [6, 6.07) is 0. The van der Waals surface area contributed by atoms with Gasteiger partial charge in [-0.15, -0.1) is 0 Å². The Morgan fingerprint density at radius 3 is 0.667 bits per heavy atom. The van der Waals surface area contributed by atoms with E-state index in [0.717, 1.165) is 0 Å². The number of hydrogen-bond acceptors (Lipinski definition) is 2. The first-order chi connectivity index (χ1) is 1.00. The summed E-state index contributed by atoms with van der Waals surface area (Å²) in [7, 11) is 0. The van der Waals surface area contributed by atoms with Crippen molar-refractivity contribution in [3.63, 3.8) is 0 Å². The molecule has 5 radical (unpaired) electrons. The molecule has 0 bridgehead atoms. The third kappa shape index (κ3) is 55.3. The molecule has 2 nitrogen and oxygen atoms in total. The van der Waals surface area contributed by atoms with Gasteiger partial charge >= 0.3 is 0 Å². The maximum absolute atomic E-state index is 7.75. The fourth-order valence-corrected chi connectivity index (χ4v) is 0. The van der Waals surface area contributed by atoms with Gasteiger partial charge in [-0.2, -0.15) is 0 Å². The van der Waals surface area contributed by atoms with Gasteiger partial charge in [0.05, 0.1) is 0 Å². The van der Waals surface area contributed by atoms with Gasteiger partial charge in [0.15, 0.2) is 0 Å². The van der Waals surface area contributed by atoms with Gasteiger partial charge in [-0.05, 0) is 0 Å². The molecule has 0 saturated carbocycles. The third-order valence-corrected chi connectivity index (χ3v) is 0. The van der Waals surface area contributed by atoms with Crippen molar-refractivity contribution in [2.75, 3.05) is 0 Å². The summed E-state index contributed by atoms with van der Waals surface area (Å²) in [5, 5.41) is 7.75. The molecule has 0 rings (SSSR count). The SMILES string of the molecule is N[O-].[CH3-].[W].[Y].[Y].[Y].[Y].[Y]. The molecule has 8 heteroatoms. The van der Waals surface area contributed by atoms with Crippen LogP contribution < -0.4 is 5.90 Å². The van der Waals surface area contributed by atoms with Crippen LogP contribution in [0.4, 0.5) is 0 Å². The van der Waals surface area contributed by atoms with Crippen molar-refractivity contribution >= 4 is 0 Å². The molecule has 0 aromatic heterocycles. The van der Waals surface area contributed by atoms with Crippen molar-refractivity contribution in [1.82, 2.24) is 0 Å². The predicted octanol–water partition coefficient (Wildman–Crippen LogP) is -0.122. The standard InChI is InChI=1S/CH3.H2NO.W.5Y/c;1-2;;;;;;/h1H3;1H2;;;;;;/q2*-1;;;;;;. The first kappa shape index (κ1) is 59.4. The maximum atomic E-state index is 7.75. The number of hydrogen-bond donors (Lipinski definition) is 1. The Balaban J connectivity index is -0.000000000238. The molecule has 0 atom stereocenters. The van der Waals surface area contributed by atoms with Crippen LogP contribution in [0.5, 0.6) is 0 Å². The van der Waals surface area contributed by atoms with Crippen LogP contribution in [0.25, 0.3) is 0 Å². The first-order valence-electron chi connectivity index (χ1n) is 0.236. The molecule has 0 aliphatic rings. The van der Waals surface area contributed by atoms with E-state index in [1.165, 1.54) is 0 Å². The second-order valence-corrected chi connectivity index (χ2v) is 0. The van der Waals surface area contributed by atoms with E-state index in [1.54, 1.807) is 0 Å². The van der Waals surface area contributed by atoms with Gasteiger partial charge in [0.25, 0.3) is 0 Å². The molecular weight excluding hydrogens is 670 g/mol. The summed E-state index contributed by atoms with van der Waals surface area (Å²) in [5.74, 6) is 3.25. The molecule has 0 aromatic rings. The van der Waals surface area contributed by atoms with Crippen molar-refractivity contribution in [3.8, 4) is 0 Å². The zero-order chi connectivity index (χ0) is 2.00. The van der Waals surface area contributed by atoms with Gasteiger partial charge in [-0.1, -0.05) is 0 Å². The Morgan fingerprint density at radius 1 is 0.667 bits per heavy atom. The van der Waals surface area contributed by atoms with Gasteiger partial charge in [0.2, 0.25) is 0 Å². The molecule has 43 valence electrons. The van der Waals surface area contributed by atoms with Crippen LogP contribution in [0.1, 0.15) is 0 Å². The Kier molecular flexibility index (Phi) is 428. The predicted molar refractivity (Wildman–Crippen MR) is 14.0 cm³/mol. The van der Waals surface area contributed by atoms with Gasteiger partial charge < -0.3 is 18.5 Å². The summed E-state index contributed by atoms with van der Waals surface area (Å²) in [4.78, 5) is 0. The van der Waals surface area contributed by atoms with Crippen molar-refractivity contribution in [2.45, 2.75) is 0 Å². The number of rotatable bonds is 0. The molecule has 0 heterocycles. The molecule has 2 N–H and O–H groups in total. The summed E-state index contributed by atoms with van der Waals surface area (Å²) < 4.78 is 0. The summed E-state index contributed by atoms with van der Waals surface area (Å²) in [6.45, 7) is 0. The molecule has 0 fully saturated rings. The quantitative estimate of drug-likeness (QED) is 0.288. The van der Waals surface area contributed by atoms with Crippen molar-refractivity contribution < 1.29 is 185 Å². The second-order valence-electron chi connectivity index (χ2n) is 0. The van der Waals surface area contributed by atoms with E-state index in [0.29, 0.717) is 0 Å². The van der Waals surface area contributed by atoms with E-state index in [2.05, 4.69) is 5.90 Å². The van der Waals surface area contributed by atoms with Crippen LogP contribution >= 0.6 is 0 Å². The van der Waals surface area contributed by atoms with Crippen LogP contribution in [-0.4, -0.2) is 0 Å². The van der Waals surface area contributed by atoms with Crippen molar-refractivity contribution in [2.24, 2.45) is 5.90 Å². The van der Waals surface area contributed by atoms with E-state index in [9.17, 15) is 0 Å². The van der Waals surface area contributed by atoms with E-state index in [4.69, 9.17) is 5.21 Å². The monoisotopic (exact) mass is 676 g/mol. The van der Waals surface area contributed by atoms with Crippen LogP contribution in [0.2, 0.25) is 0 Å². The maximum Gasteiger partial charge on any atom is 0 e. The van der Waals surface area contributed by atoms with Crippen LogP contribution in [0, 0.1) is 12.6 Å². The van der Waals surface area contributed by atoms with E-state index in [1.807, 2.05) is 0 Å². The average Bonchev–Trinajstić information content (AvgIpc) is 1.00. The molecule has 0 amide bonds. The Hall–Kier alpha value is 6.13. The van der Waals surface area contributed by atoms with E-state index in [-0.39, 0.29) is 192 Å². The summed E-state index contributed by atoms with van der Waals surface area (Å²) in [5.41, 5.74) is 0. The number of nitrogens with two attached hydrogens (primary N) is 1. The van der Waals surface area contributed by atoms with Crippen molar-refractivity contribution in [1.29, 1.82) is 0 Å². The fraction of sp³-hybridized carbons (Fsp3) is 0. The molecule has 0 aromatic carbocycles. The van der Waals surface area contributed by atoms with E-state index < -0.39 is 0 Å². The van der Waals surface area contributed by atoms with Crippen LogP contribution in [0.3, 0.4) is 0 Å². The fourth-order valence-electron chi connectivity index (χ4n) is 0. The second kappa shape index (κ2) is 64.8. The minimum absolute atomic E-state index is 0. The van der Waals surface area contributed by atoms with Gasteiger partial charge in [0, 0.05) is 185 Å². The Labute approximate surface area is 197 Å². The van der Waals surface area contributed by atoms with E-state index >= 15 is 0 Å². The molecule has 0 spiro atoms. The zero-order valence-corrected chi connectivity index (χ0v) is 22.4. The van der Waals surface area contributed by atoms with Crippen molar-refractivity contribution in [3.05, 3.63) is 12.6 Å². The molecule has 9 heavy (non-hydrogen) atoms. The van der Waals surface area contributed by atoms with Gasteiger partial charge in [-0.25, -0.2) is 0 Å². The molecule has 0 unspecified atom stereocenters. The molecular formula is CH5NOWY5-2. The Morgan fingerprint density at radius 2 is 0.667 bits per heavy atom. The zero-order valence-electron chi connectivity index (χ0n) is 5.28. The largest absolute Gasteiger partial charge is 0.790 e. The topological polar surface area (TPSA) is 49.1 Å². The van der Waals surface area contributed by atoms with Crippen LogP contribution in [0.15, 0.2) is 0 Å². The minimum atomic E-state index is 0. The third-order valence-electron chi connectivity index (χ3n) is 0. The molecule has 0 aliphatic carbocycles. The van der Waals surface area contributed by atoms with Crippen LogP contribution in [-0.2, 0) is 185 Å². The Bertz CT molecular complexity index is 16.9. The normalized spacial score (nSPS) is 0.667. The smallest absolute Gasteiger partial charge is 0 e. The molecule has 0 saturated heterocycles. The minimum Gasteiger partial charge on any atom is -0.790 e.